The van der Waals surface area contributed by atoms with E-state index in [0.717, 1.165) is 57.8 Å². The Labute approximate surface area is 159 Å². The number of nitrogens with one attached hydrogen (secondary N) is 2. The molecule has 0 saturated heterocycles. The largest absolute Gasteiger partial charge is 0.478 e. The highest BCUT2D eigenvalue weighted by Gasteiger charge is 2.24. The molecule has 27 heavy (non-hydrogen) atoms. The Bertz CT molecular complexity index is 704. The minimum atomic E-state index is -1.06. The third-order valence-corrected chi connectivity index (χ3v) is 5.73. The molecule has 2 amide bonds. The number of hydrogen-bond donors (Lipinski definition) is 3. The van der Waals surface area contributed by atoms with Gasteiger partial charge >= 0.3 is 5.97 Å². The number of anilines is 2. The molecule has 2 saturated carbocycles. The Morgan fingerprint density at radius 1 is 0.741 bits per heavy atom. The van der Waals surface area contributed by atoms with Crippen molar-refractivity contribution >= 4 is 29.2 Å². The molecule has 0 spiro atoms. The lowest BCUT2D eigenvalue weighted by molar-refractivity contribution is -0.121. The van der Waals surface area contributed by atoms with Crippen molar-refractivity contribution in [2.24, 2.45) is 11.8 Å². The molecule has 1 aromatic carbocycles. The van der Waals surface area contributed by atoms with Crippen molar-refractivity contribution in [2.75, 3.05) is 10.6 Å². The summed E-state index contributed by atoms with van der Waals surface area (Å²) in [6.45, 7) is 0. The van der Waals surface area contributed by atoms with E-state index in [9.17, 15) is 19.5 Å². The summed E-state index contributed by atoms with van der Waals surface area (Å²) in [6, 6.07) is 4.45. The van der Waals surface area contributed by atoms with E-state index in [1.807, 2.05) is 0 Å². The van der Waals surface area contributed by atoms with Crippen molar-refractivity contribution < 1.29 is 19.5 Å². The fourth-order valence-electron chi connectivity index (χ4n) is 4.09. The fourth-order valence-corrected chi connectivity index (χ4v) is 4.09. The lowest BCUT2D eigenvalue weighted by Crippen LogP contribution is -2.27. The standard InChI is InChI=1S/C21H28N2O4/c24-19(14-7-3-1-4-8-14)22-17-12-11-16(21(26)27)13-18(17)23-20(25)15-9-5-2-6-10-15/h11-15H,1-10H2,(H,22,24)(H,23,25)(H,26,27). The van der Waals surface area contributed by atoms with Crippen molar-refractivity contribution in [3.8, 4) is 0 Å². The van der Waals surface area contributed by atoms with Crippen LogP contribution in [0.1, 0.15) is 74.6 Å². The van der Waals surface area contributed by atoms with Crippen LogP contribution in [0.4, 0.5) is 11.4 Å². The second-order valence-electron chi connectivity index (χ2n) is 7.71. The molecule has 0 heterocycles. The van der Waals surface area contributed by atoms with Gasteiger partial charge in [0, 0.05) is 11.8 Å². The van der Waals surface area contributed by atoms with Crippen LogP contribution in [0.5, 0.6) is 0 Å². The zero-order chi connectivity index (χ0) is 19.2. The summed E-state index contributed by atoms with van der Waals surface area (Å²) >= 11 is 0. The summed E-state index contributed by atoms with van der Waals surface area (Å²) in [5.74, 6) is -1.27. The van der Waals surface area contributed by atoms with E-state index < -0.39 is 5.97 Å². The molecule has 6 heteroatoms. The second-order valence-corrected chi connectivity index (χ2v) is 7.71. The minimum absolute atomic E-state index is 0.0141. The minimum Gasteiger partial charge on any atom is -0.478 e. The van der Waals surface area contributed by atoms with E-state index in [2.05, 4.69) is 10.6 Å². The molecule has 1 aromatic rings. The molecule has 3 rings (SSSR count). The zero-order valence-corrected chi connectivity index (χ0v) is 15.6. The van der Waals surface area contributed by atoms with Crippen LogP contribution in [0.2, 0.25) is 0 Å². The molecular formula is C21H28N2O4. The molecule has 0 radical (unpaired) electrons. The van der Waals surface area contributed by atoms with Gasteiger partial charge in [0.1, 0.15) is 0 Å². The molecule has 2 fully saturated rings. The first kappa shape index (κ1) is 19.4. The summed E-state index contributed by atoms with van der Waals surface area (Å²) in [4.78, 5) is 36.5. The van der Waals surface area contributed by atoms with Gasteiger partial charge in [-0.3, -0.25) is 9.59 Å². The number of carbonyl (C=O) groups excluding carboxylic acids is 2. The van der Waals surface area contributed by atoms with Crippen molar-refractivity contribution in [3.63, 3.8) is 0 Å². The number of aromatic carboxylic acids is 1. The van der Waals surface area contributed by atoms with E-state index in [1.54, 1.807) is 6.07 Å². The van der Waals surface area contributed by atoms with Crippen LogP contribution in [-0.4, -0.2) is 22.9 Å². The molecule has 0 bridgehead atoms. The number of rotatable bonds is 5. The number of amides is 2. The van der Waals surface area contributed by atoms with Crippen molar-refractivity contribution in [2.45, 2.75) is 64.2 Å². The molecule has 0 aliphatic heterocycles. The molecule has 0 aromatic heterocycles. The lowest BCUT2D eigenvalue weighted by atomic mass is 9.88. The van der Waals surface area contributed by atoms with Crippen molar-refractivity contribution in [3.05, 3.63) is 23.8 Å². The molecule has 0 atom stereocenters. The molecule has 2 aliphatic rings. The average molecular weight is 372 g/mol. The number of carboxylic acid groups (broad SMARTS) is 1. The van der Waals surface area contributed by atoms with E-state index in [1.165, 1.54) is 18.6 Å². The van der Waals surface area contributed by atoms with Crippen LogP contribution in [0.25, 0.3) is 0 Å². The SMILES string of the molecule is O=C(O)c1ccc(NC(=O)C2CCCCC2)c(NC(=O)C2CCCCC2)c1. The number of carboxylic acids is 1. The van der Waals surface area contributed by atoms with Crippen molar-refractivity contribution in [1.29, 1.82) is 0 Å². The summed E-state index contributed by atoms with van der Waals surface area (Å²) in [7, 11) is 0. The highest BCUT2D eigenvalue weighted by molar-refractivity contribution is 6.02. The van der Waals surface area contributed by atoms with Crippen LogP contribution in [0.15, 0.2) is 18.2 Å². The Balaban J connectivity index is 1.76. The summed E-state index contributed by atoms with van der Waals surface area (Å²) in [5.41, 5.74) is 0.930. The topological polar surface area (TPSA) is 95.5 Å². The van der Waals surface area contributed by atoms with Crippen LogP contribution < -0.4 is 10.6 Å². The second kappa shape index (κ2) is 9.02. The normalized spacial score (nSPS) is 18.7. The predicted molar refractivity (Wildman–Crippen MR) is 104 cm³/mol. The van der Waals surface area contributed by atoms with E-state index in [-0.39, 0.29) is 29.2 Å². The first-order chi connectivity index (χ1) is 13.0. The maximum absolute atomic E-state index is 12.6. The molecular weight excluding hydrogens is 344 g/mol. The predicted octanol–water partition coefficient (Wildman–Crippen LogP) is 4.42. The molecule has 6 nitrogen and oxygen atoms in total. The van der Waals surface area contributed by atoms with Gasteiger partial charge in [-0.15, -0.1) is 0 Å². The van der Waals surface area contributed by atoms with Gasteiger partial charge in [-0.05, 0) is 43.9 Å². The van der Waals surface area contributed by atoms with Gasteiger partial charge in [0.2, 0.25) is 11.8 Å². The molecule has 146 valence electrons. The number of carbonyl (C=O) groups is 3. The van der Waals surface area contributed by atoms with Gasteiger partial charge in [-0.1, -0.05) is 38.5 Å². The van der Waals surface area contributed by atoms with Gasteiger partial charge in [-0.25, -0.2) is 4.79 Å². The van der Waals surface area contributed by atoms with Gasteiger partial charge in [0.25, 0.3) is 0 Å². The average Bonchev–Trinajstić information content (AvgIpc) is 2.70. The monoisotopic (exact) mass is 372 g/mol. The zero-order valence-electron chi connectivity index (χ0n) is 15.6. The van der Waals surface area contributed by atoms with Gasteiger partial charge in [0.05, 0.1) is 16.9 Å². The van der Waals surface area contributed by atoms with Gasteiger partial charge in [-0.2, -0.15) is 0 Å². The van der Waals surface area contributed by atoms with Crippen LogP contribution in [0.3, 0.4) is 0 Å². The van der Waals surface area contributed by atoms with Gasteiger partial charge in [0.15, 0.2) is 0 Å². The Morgan fingerprint density at radius 3 is 1.70 bits per heavy atom. The Morgan fingerprint density at radius 2 is 1.22 bits per heavy atom. The smallest absolute Gasteiger partial charge is 0.335 e. The maximum atomic E-state index is 12.6. The Kier molecular flexibility index (Phi) is 6.48. The summed E-state index contributed by atoms with van der Waals surface area (Å²) in [6.07, 6.45) is 9.98. The van der Waals surface area contributed by atoms with Crippen LogP contribution in [-0.2, 0) is 9.59 Å². The van der Waals surface area contributed by atoms with Crippen molar-refractivity contribution in [1.82, 2.24) is 0 Å². The van der Waals surface area contributed by atoms with Gasteiger partial charge < -0.3 is 15.7 Å². The fraction of sp³-hybridized carbons (Fsp3) is 0.571. The third kappa shape index (κ3) is 5.08. The number of benzene rings is 1. The molecule has 2 aliphatic carbocycles. The highest BCUT2D eigenvalue weighted by Crippen LogP contribution is 2.30. The summed E-state index contributed by atoms with van der Waals surface area (Å²) < 4.78 is 0. The van der Waals surface area contributed by atoms with Crippen LogP contribution in [0, 0.1) is 11.8 Å². The first-order valence-electron chi connectivity index (χ1n) is 10.0. The summed E-state index contributed by atoms with van der Waals surface area (Å²) in [5, 5.41) is 15.0. The van der Waals surface area contributed by atoms with E-state index in [4.69, 9.17) is 0 Å². The highest BCUT2D eigenvalue weighted by atomic mass is 16.4. The Hall–Kier alpha value is -2.37. The molecule has 0 unspecified atom stereocenters. The maximum Gasteiger partial charge on any atom is 0.335 e. The quantitative estimate of drug-likeness (QED) is 0.713. The number of hydrogen-bond acceptors (Lipinski definition) is 3. The molecule has 3 N–H and O–H groups in total. The van der Waals surface area contributed by atoms with Crippen LogP contribution >= 0.6 is 0 Å². The third-order valence-electron chi connectivity index (χ3n) is 5.73. The lowest BCUT2D eigenvalue weighted by Gasteiger charge is -2.23. The van der Waals surface area contributed by atoms with E-state index >= 15 is 0 Å². The van der Waals surface area contributed by atoms with E-state index in [0.29, 0.717) is 11.4 Å². The first-order valence-corrected chi connectivity index (χ1v) is 10.0.